The molecule has 4 nitrogen and oxygen atoms in total. The first-order chi connectivity index (χ1) is 11.5. The normalized spacial score (nSPS) is 12.4. The van der Waals surface area contributed by atoms with E-state index in [9.17, 15) is 26.4 Å². The molecule has 0 aliphatic carbocycles. The highest BCUT2D eigenvalue weighted by Crippen LogP contribution is 2.33. The molecule has 0 aromatic heterocycles. The van der Waals surface area contributed by atoms with Gasteiger partial charge in [0.1, 0.15) is 0 Å². The average molecular weight is 371 g/mol. The Morgan fingerprint density at radius 1 is 0.960 bits per heavy atom. The second-order valence-corrected chi connectivity index (χ2v) is 7.33. The predicted molar refractivity (Wildman–Crippen MR) is 87.7 cm³/mol. The molecule has 0 amide bonds. The van der Waals surface area contributed by atoms with Crippen LogP contribution in [-0.2, 0) is 10.0 Å². The van der Waals surface area contributed by atoms with E-state index in [0.717, 1.165) is 6.07 Å². The summed E-state index contributed by atoms with van der Waals surface area (Å²) < 4.78 is 66.0. The Bertz CT molecular complexity index is 890. The monoisotopic (exact) mass is 371 g/mol. The van der Waals surface area contributed by atoms with Crippen molar-refractivity contribution in [2.24, 2.45) is 0 Å². The second-order valence-electron chi connectivity index (χ2n) is 5.64. The summed E-state index contributed by atoms with van der Waals surface area (Å²) in [6.45, 7) is 3.25. The molecule has 0 saturated heterocycles. The van der Waals surface area contributed by atoms with Crippen LogP contribution in [0, 0.1) is 0 Å². The lowest BCUT2D eigenvalue weighted by Gasteiger charge is -2.16. The fourth-order valence-electron chi connectivity index (χ4n) is 2.37. The van der Waals surface area contributed by atoms with Gasteiger partial charge in [0, 0.05) is 17.2 Å². The lowest BCUT2D eigenvalue weighted by molar-refractivity contribution is -0.0884. The third kappa shape index (κ3) is 4.26. The number of halogens is 3. The quantitative estimate of drug-likeness (QED) is 0.814. The van der Waals surface area contributed by atoms with Gasteiger partial charge in [-0.2, -0.15) is 13.2 Å². The van der Waals surface area contributed by atoms with Crippen LogP contribution in [0.15, 0.2) is 53.4 Å². The Hall–Kier alpha value is -2.19. The zero-order valence-corrected chi connectivity index (χ0v) is 14.3. The first kappa shape index (κ1) is 19.1. The van der Waals surface area contributed by atoms with E-state index in [1.807, 2.05) is 0 Å². The topological polar surface area (TPSA) is 63.2 Å². The maximum atomic E-state index is 12.9. The molecule has 134 valence electrons. The van der Waals surface area contributed by atoms with E-state index in [0.29, 0.717) is 0 Å². The van der Waals surface area contributed by atoms with Crippen molar-refractivity contribution in [3.63, 3.8) is 0 Å². The molecule has 0 unspecified atom stereocenters. The highest BCUT2D eigenvalue weighted by molar-refractivity contribution is 7.89. The third-order valence-electron chi connectivity index (χ3n) is 3.29. The van der Waals surface area contributed by atoms with Crippen LogP contribution in [-0.4, -0.2) is 26.4 Å². The van der Waals surface area contributed by atoms with Gasteiger partial charge < -0.3 is 0 Å². The minimum absolute atomic E-state index is 0.0313. The Morgan fingerprint density at radius 3 is 2.04 bits per heavy atom. The molecule has 0 aliphatic rings. The van der Waals surface area contributed by atoms with Crippen molar-refractivity contribution >= 4 is 15.8 Å². The molecular formula is C17H16F3NO3S. The summed E-state index contributed by atoms with van der Waals surface area (Å²) in [5.74, 6) is -2.02. The van der Waals surface area contributed by atoms with Crippen LogP contribution >= 0.6 is 0 Å². The largest absolute Gasteiger partial charge is 0.454 e. The molecule has 0 heterocycles. The number of nitrogens with one attached hydrogen (secondary N) is 1. The molecule has 0 saturated carbocycles. The van der Waals surface area contributed by atoms with Crippen molar-refractivity contribution in [1.82, 2.24) is 4.72 Å². The summed E-state index contributed by atoms with van der Waals surface area (Å²) >= 11 is 0. The van der Waals surface area contributed by atoms with Gasteiger partial charge in [-0.15, -0.1) is 0 Å². The summed E-state index contributed by atoms with van der Waals surface area (Å²) in [7, 11) is -3.96. The molecule has 2 rings (SSSR count). The molecule has 2 aromatic rings. The van der Waals surface area contributed by atoms with Crippen molar-refractivity contribution in [2.75, 3.05) is 0 Å². The second kappa shape index (κ2) is 6.97. The van der Waals surface area contributed by atoms with Crippen LogP contribution in [0.25, 0.3) is 11.1 Å². The number of Topliss-reactive ketones (excluding diaryl/α,β-unsaturated/α-hetero) is 1. The average Bonchev–Trinajstić information content (AvgIpc) is 2.52. The fourth-order valence-corrected chi connectivity index (χ4v) is 3.84. The number of benzene rings is 2. The number of alkyl halides is 3. The van der Waals surface area contributed by atoms with Crippen LogP contribution in [0.5, 0.6) is 0 Å². The van der Waals surface area contributed by atoms with Crippen molar-refractivity contribution < 1.29 is 26.4 Å². The van der Waals surface area contributed by atoms with Gasteiger partial charge in [-0.25, -0.2) is 13.1 Å². The van der Waals surface area contributed by atoms with Crippen molar-refractivity contribution in [3.8, 4) is 11.1 Å². The molecule has 0 radical (unpaired) electrons. The molecule has 0 aliphatic heterocycles. The summed E-state index contributed by atoms with van der Waals surface area (Å²) in [5.41, 5.74) is -0.652. The highest BCUT2D eigenvalue weighted by atomic mass is 32.2. The number of ketones is 1. The van der Waals surface area contributed by atoms with E-state index < -0.39 is 33.6 Å². The fraction of sp³-hybridized carbons (Fsp3) is 0.235. The van der Waals surface area contributed by atoms with Gasteiger partial charge in [0.2, 0.25) is 10.0 Å². The number of carbonyl (C=O) groups excluding carboxylic acids is 1. The maximum Gasteiger partial charge on any atom is 0.454 e. The molecule has 0 atom stereocenters. The number of hydrogen-bond acceptors (Lipinski definition) is 3. The molecule has 0 bridgehead atoms. The lowest BCUT2D eigenvalue weighted by Crippen LogP contribution is -2.30. The van der Waals surface area contributed by atoms with Crippen LogP contribution in [0.1, 0.15) is 24.2 Å². The van der Waals surface area contributed by atoms with Gasteiger partial charge in [0.15, 0.2) is 0 Å². The van der Waals surface area contributed by atoms with E-state index in [1.165, 1.54) is 42.5 Å². The van der Waals surface area contributed by atoms with Crippen molar-refractivity contribution in [1.29, 1.82) is 0 Å². The SMILES string of the molecule is CC(C)NS(=O)(=O)c1ccccc1-c1ccccc1C(=O)C(F)(F)F. The molecule has 25 heavy (non-hydrogen) atoms. The number of rotatable bonds is 5. The summed E-state index contributed by atoms with van der Waals surface area (Å²) in [6.07, 6.45) is -5.06. The molecule has 2 aromatic carbocycles. The van der Waals surface area contributed by atoms with Gasteiger partial charge >= 0.3 is 6.18 Å². The third-order valence-corrected chi connectivity index (χ3v) is 5.00. The molecule has 1 N–H and O–H groups in total. The van der Waals surface area contributed by atoms with Gasteiger partial charge in [0.25, 0.3) is 5.78 Å². The van der Waals surface area contributed by atoms with Crippen LogP contribution in [0.3, 0.4) is 0 Å². The highest BCUT2D eigenvalue weighted by Gasteiger charge is 2.40. The standard InChI is InChI=1S/C17H16F3NO3S/c1-11(2)21-25(23,24)15-10-6-5-8-13(15)12-7-3-4-9-14(12)16(22)17(18,19)20/h3-11,21H,1-2H3. The molecule has 0 spiro atoms. The van der Waals surface area contributed by atoms with E-state index in [-0.39, 0.29) is 16.0 Å². The molecular weight excluding hydrogens is 355 g/mol. The number of hydrogen-bond donors (Lipinski definition) is 1. The summed E-state index contributed by atoms with van der Waals surface area (Å²) in [4.78, 5) is 11.5. The first-order valence-corrected chi connectivity index (χ1v) is 8.84. The minimum atomic E-state index is -5.06. The van der Waals surface area contributed by atoms with Gasteiger partial charge in [-0.3, -0.25) is 4.79 Å². The van der Waals surface area contributed by atoms with Crippen molar-refractivity contribution in [2.45, 2.75) is 31.0 Å². The number of sulfonamides is 1. The predicted octanol–water partition coefficient (Wildman–Crippen LogP) is 3.79. The van der Waals surface area contributed by atoms with E-state index >= 15 is 0 Å². The first-order valence-electron chi connectivity index (χ1n) is 7.36. The molecule has 0 fully saturated rings. The van der Waals surface area contributed by atoms with Gasteiger partial charge in [0.05, 0.1) is 4.90 Å². The van der Waals surface area contributed by atoms with Gasteiger partial charge in [-0.05, 0) is 25.5 Å². The summed E-state index contributed by atoms with van der Waals surface area (Å²) in [6, 6.07) is 10.3. The van der Waals surface area contributed by atoms with E-state index in [1.54, 1.807) is 13.8 Å². The Balaban J connectivity index is 2.69. The smallest absolute Gasteiger partial charge is 0.284 e. The number of carbonyl (C=O) groups is 1. The van der Waals surface area contributed by atoms with Crippen LogP contribution in [0.4, 0.5) is 13.2 Å². The minimum Gasteiger partial charge on any atom is -0.284 e. The van der Waals surface area contributed by atoms with Crippen LogP contribution in [0.2, 0.25) is 0 Å². The van der Waals surface area contributed by atoms with Gasteiger partial charge in [-0.1, -0.05) is 42.5 Å². The zero-order chi connectivity index (χ0) is 18.8. The lowest BCUT2D eigenvalue weighted by atomic mass is 9.97. The van der Waals surface area contributed by atoms with Crippen molar-refractivity contribution in [3.05, 3.63) is 54.1 Å². The Kier molecular flexibility index (Phi) is 5.34. The Morgan fingerprint density at radius 2 is 1.48 bits per heavy atom. The van der Waals surface area contributed by atoms with E-state index in [2.05, 4.69) is 4.72 Å². The molecule has 8 heteroatoms. The summed E-state index contributed by atoms with van der Waals surface area (Å²) in [5, 5.41) is 0. The Labute approximate surface area is 143 Å². The maximum absolute atomic E-state index is 12.9. The zero-order valence-electron chi connectivity index (χ0n) is 13.5. The van der Waals surface area contributed by atoms with Crippen LogP contribution < -0.4 is 4.72 Å². The van der Waals surface area contributed by atoms with E-state index in [4.69, 9.17) is 0 Å².